The van der Waals surface area contributed by atoms with Gasteiger partial charge in [0.1, 0.15) is 0 Å². The molecule has 0 saturated heterocycles. The zero-order valence-electron chi connectivity index (χ0n) is 7.86. The summed E-state index contributed by atoms with van der Waals surface area (Å²) in [6, 6.07) is 1.73. The summed E-state index contributed by atoms with van der Waals surface area (Å²) < 4.78 is 14.2. The molecule has 1 rings (SSSR count). The van der Waals surface area contributed by atoms with Gasteiger partial charge in [0.05, 0.1) is 0 Å². The molecule has 0 fully saturated rings. The first kappa shape index (κ1) is 10.5. The van der Waals surface area contributed by atoms with E-state index in [2.05, 4.69) is 15.9 Å². The van der Waals surface area contributed by atoms with Crippen molar-refractivity contribution in [1.82, 2.24) is 0 Å². The average molecular weight is 247 g/mol. The number of aromatic hydroxyl groups is 1. The third-order valence-corrected chi connectivity index (χ3v) is 2.65. The van der Waals surface area contributed by atoms with Crippen molar-refractivity contribution in [3.05, 3.63) is 27.5 Å². The van der Waals surface area contributed by atoms with Crippen LogP contribution in [0.5, 0.6) is 5.75 Å². The normalized spacial score (nSPS) is 10.9. The van der Waals surface area contributed by atoms with Crippen LogP contribution in [0.3, 0.4) is 0 Å². The quantitative estimate of drug-likeness (QED) is 0.801. The van der Waals surface area contributed by atoms with Gasteiger partial charge in [-0.3, -0.25) is 0 Å². The van der Waals surface area contributed by atoms with Gasteiger partial charge in [0, 0.05) is 10.0 Å². The summed E-state index contributed by atoms with van der Waals surface area (Å²) in [6.45, 7) is 5.45. The number of benzene rings is 1. The van der Waals surface area contributed by atoms with Gasteiger partial charge in [-0.15, -0.1) is 0 Å². The fourth-order valence-electron chi connectivity index (χ4n) is 1.27. The van der Waals surface area contributed by atoms with Gasteiger partial charge in [0.15, 0.2) is 11.6 Å². The molecular weight excluding hydrogens is 235 g/mol. The Balaban J connectivity index is 3.44. The number of rotatable bonds is 1. The average Bonchev–Trinajstić information content (AvgIpc) is 1.99. The van der Waals surface area contributed by atoms with Crippen LogP contribution < -0.4 is 0 Å². The first-order valence-electron chi connectivity index (χ1n) is 4.12. The van der Waals surface area contributed by atoms with E-state index in [1.807, 2.05) is 13.8 Å². The molecule has 0 radical (unpaired) electrons. The minimum absolute atomic E-state index is 0.0564. The van der Waals surface area contributed by atoms with E-state index in [-0.39, 0.29) is 11.7 Å². The molecule has 0 saturated carbocycles. The second kappa shape index (κ2) is 3.66. The molecular formula is C10H12BrFO. The molecule has 0 amide bonds. The zero-order chi connectivity index (χ0) is 10.2. The van der Waals surface area contributed by atoms with Crippen LogP contribution in [-0.4, -0.2) is 5.11 Å². The predicted molar refractivity (Wildman–Crippen MR) is 54.6 cm³/mol. The van der Waals surface area contributed by atoms with Gasteiger partial charge >= 0.3 is 0 Å². The highest BCUT2D eigenvalue weighted by Gasteiger charge is 2.16. The van der Waals surface area contributed by atoms with E-state index < -0.39 is 5.82 Å². The Kier molecular flexibility index (Phi) is 2.96. The highest BCUT2D eigenvalue weighted by molar-refractivity contribution is 9.10. The SMILES string of the molecule is Cc1cc(Br)c(C(C)C)c(F)c1O. The third-order valence-electron chi connectivity index (χ3n) is 2.00. The summed E-state index contributed by atoms with van der Waals surface area (Å²) in [4.78, 5) is 0. The molecule has 0 atom stereocenters. The molecule has 13 heavy (non-hydrogen) atoms. The van der Waals surface area contributed by atoms with Crippen molar-refractivity contribution in [3.8, 4) is 5.75 Å². The molecule has 1 aromatic carbocycles. The summed E-state index contributed by atoms with van der Waals surface area (Å²) in [5, 5.41) is 9.36. The summed E-state index contributed by atoms with van der Waals surface area (Å²) in [6.07, 6.45) is 0. The maximum Gasteiger partial charge on any atom is 0.169 e. The van der Waals surface area contributed by atoms with Crippen molar-refractivity contribution in [2.24, 2.45) is 0 Å². The minimum atomic E-state index is -0.512. The fourth-order valence-corrected chi connectivity index (χ4v) is 2.25. The number of phenolic OH excluding ortho intramolecular Hbond substituents is 1. The molecule has 0 aromatic heterocycles. The third kappa shape index (κ3) is 1.85. The molecule has 0 heterocycles. The van der Waals surface area contributed by atoms with Crippen LogP contribution in [0.15, 0.2) is 10.5 Å². The second-order valence-electron chi connectivity index (χ2n) is 3.41. The van der Waals surface area contributed by atoms with Crippen molar-refractivity contribution in [2.75, 3.05) is 0 Å². The number of halogens is 2. The van der Waals surface area contributed by atoms with E-state index in [1.54, 1.807) is 13.0 Å². The summed E-state index contributed by atoms with van der Waals surface area (Å²) >= 11 is 3.28. The van der Waals surface area contributed by atoms with Crippen LogP contribution in [0, 0.1) is 12.7 Å². The molecule has 72 valence electrons. The van der Waals surface area contributed by atoms with Crippen LogP contribution in [0.25, 0.3) is 0 Å². The number of aryl methyl sites for hydroxylation is 1. The smallest absolute Gasteiger partial charge is 0.169 e. The number of hydrogen-bond acceptors (Lipinski definition) is 1. The Bertz CT molecular complexity index is 334. The summed E-state index contributed by atoms with van der Waals surface area (Å²) in [5.74, 6) is -0.699. The molecule has 0 spiro atoms. The van der Waals surface area contributed by atoms with Crippen LogP contribution in [0.1, 0.15) is 30.9 Å². The lowest BCUT2D eigenvalue weighted by atomic mass is 10.0. The van der Waals surface area contributed by atoms with Crippen LogP contribution in [0.2, 0.25) is 0 Å². The van der Waals surface area contributed by atoms with Crippen LogP contribution in [0.4, 0.5) is 4.39 Å². The van der Waals surface area contributed by atoms with Gasteiger partial charge in [0.2, 0.25) is 0 Å². The van der Waals surface area contributed by atoms with E-state index in [4.69, 9.17) is 0 Å². The summed E-state index contributed by atoms with van der Waals surface area (Å²) in [5.41, 5.74) is 1.08. The van der Waals surface area contributed by atoms with Gasteiger partial charge in [-0.05, 0) is 24.5 Å². The van der Waals surface area contributed by atoms with Crippen LogP contribution >= 0.6 is 15.9 Å². The lowest BCUT2D eigenvalue weighted by molar-refractivity contribution is 0.422. The maximum atomic E-state index is 13.5. The van der Waals surface area contributed by atoms with E-state index in [0.717, 1.165) is 4.47 Å². The molecule has 0 bridgehead atoms. The summed E-state index contributed by atoms with van der Waals surface area (Å²) in [7, 11) is 0. The van der Waals surface area contributed by atoms with E-state index >= 15 is 0 Å². The molecule has 3 heteroatoms. The molecule has 1 N–H and O–H groups in total. The fraction of sp³-hybridized carbons (Fsp3) is 0.400. The maximum absolute atomic E-state index is 13.5. The Morgan fingerprint density at radius 1 is 1.46 bits per heavy atom. The van der Waals surface area contributed by atoms with Crippen LogP contribution in [-0.2, 0) is 0 Å². The van der Waals surface area contributed by atoms with Gasteiger partial charge in [-0.1, -0.05) is 29.8 Å². The largest absolute Gasteiger partial charge is 0.505 e. The Morgan fingerprint density at radius 3 is 2.46 bits per heavy atom. The minimum Gasteiger partial charge on any atom is -0.505 e. The first-order valence-corrected chi connectivity index (χ1v) is 4.92. The van der Waals surface area contributed by atoms with Gasteiger partial charge in [-0.2, -0.15) is 0 Å². The highest BCUT2D eigenvalue weighted by atomic mass is 79.9. The van der Waals surface area contributed by atoms with E-state index in [1.165, 1.54) is 0 Å². The second-order valence-corrected chi connectivity index (χ2v) is 4.26. The molecule has 0 aliphatic carbocycles. The Hall–Kier alpha value is -0.570. The predicted octanol–water partition coefficient (Wildman–Crippen LogP) is 3.73. The van der Waals surface area contributed by atoms with Crippen molar-refractivity contribution < 1.29 is 9.50 Å². The van der Waals surface area contributed by atoms with Gasteiger partial charge in [-0.25, -0.2) is 4.39 Å². The number of phenols is 1. The molecule has 1 aromatic rings. The molecule has 0 aliphatic heterocycles. The molecule has 0 aliphatic rings. The van der Waals surface area contributed by atoms with Crippen molar-refractivity contribution in [2.45, 2.75) is 26.7 Å². The van der Waals surface area contributed by atoms with E-state index in [0.29, 0.717) is 11.1 Å². The zero-order valence-corrected chi connectivity index (χ0v) is 9.44. The first-order chi connectivity index (χ1) is 5.95. The van der Waals surface area contributed by atoms with Crippen molar-refractivity contribution in [1.29, 1.82) is 0 Å². The Labute approximate surface area is 85.7 Å². The lowest BCUT2D eigenvalue weighted by Crippen LogP contribution is -1.96. The monoisotopic (exact) mass is 246 g/mol. The highest BCUT2D eigenvalue weighted by Crippen LogP contribution is 2.34. The standard InChI is InChI=1S/C10H12BrFO/c1-5(2)8-7(11)4-6(3)10(13)9(8)12/h4-5,13H,1-3H3. The van der Waals surface area contributed by atoms with E-state index in [9.17, 15) is 9.50 Å². The molecule has 0 unspecified atom stereocenters. The van der Waals surface area contributed by atoms with Crippen molar-refractivity contribution >= 4 is 15.9 Å². The topological polar surface area (TPSA) is 20.2 Å². The molecule has 1 nitrogen and oxygen atoms in total. The van der Waals surface area contributed by atoms with Gasteiger partial charge in [0.25, 0.3) is 0 Å². The van der Waals surface area contributed by atoms with Gasteiger partial charge < -0.3 is 5.11 Å². The number of hydrogen-bond donors (Lipinski definition) is 1. The lowest BCUT2D eigenvalue weighted by Gasteiger charge is -2.12. The van der Waals surface area contributed by atoms with Crippen molar-refractivity contribution in [3.63, 3.8) is 0 Å². The Morgan fingerprint density at radius 2 is 2.00 bits per heavy atom.